The monoisotopic (exact) mass is 394 g/mol. The van der Waals surface area contributed by atoms with Crippen molar-refractivity contribution in [2.75, 3.05) is 59.1 Å². The van der Waals surface area contributed by atoms with Crippen LogP contribution in [0.4, 0.5) is 0 Å². The lowest BCUT2D eigenvalue weighted by atomic mass is 10.1. The Morgan fingerprint density at radius 2 is 2.14 bits per heavy atom. The van der Waals surface area contributed by atoms with Crippen LogP contribution in [0, 0.1) is 5.92 Å². The maximum Gasteiger partial charge on any atom is 0.248 e. The minimum Gasteiger partial charge on any atom is -0.379 e. The normalized spacial score (nSPS) is 22.6. The van der Waals surface area contributed by atoms with Gasteiger partial charge in [-0.1, -0.05) is 5.16 Å². The van der Waals surface area contributed by atoms with Crippen molar-refractivity contribution in [3.05, 3.63) is 11.7 Å². The van der Waals surface area contributed by atoms with E-state index >= 15 is 0 Å². The largest absolute Gasteiger partial charge is 0.379 e. The van der Waals surface area contributed by atoms with Crippen molar-refractivity contribution in [1.82, 2.24) is 25.3 Å². The van der Waals surface area contributed by atoms with Gasteiger partial charge in [-0.25, -0.2) is 4.99 Å². The van der Waals surface area contributed by atoms with Gasteiger partial charge in [0.05, 0.1) is 13.2 Å². The first-order valence-electron chi connectivity index (χ1n) is 10.5. The summed E-state index contributed by atoms with van der Waals surface area (Å²) in [6, 6.07) is 0. The number of likely N-dealkylation sites (tertiary alicyclic amines) is 1. The molecule has 9 nitrogen and oxygen atoms in total. The predicted octanol–water partition coefficient (Wildman–Crippen LogP) is 1.29. The van der Waals surface area contributed by atoms with Gasteiger partial charge in [-0.3, -0.25) is 4.90 Å². The molecule has 0 aromatic carbocycles. The molecule has 0 radical (unpaired) electrons. The fraction of sp³-hybridized carbons (Fsp3) is 0.842. The summed E-state index contributed by atoms with van der Waals surface area (Å²) in [4.78, 5) is 14.0. The molecule has 0 bridgehead atoms. The molecule has 1 N–H and O–H groups in total. The van der Waals surface area contributed by atoms with Crippen LogP contribution < -0.4 is 5.32 Å². The highest BCUT2D eigenvalue weighted by Gasteiger charge is 2.27. The van der Waals surface area contributed by atoms with E-state index in [2.05, 4.69) is 32.2 Å². The Morgan fingerprint density at radius 3 is 2.89 bits per heavy atom. The maximum absolute atomic E-state index is 5.51. The summed E-state index contributed by atoms with van der Waals surface area (Å²) in [5.41, 5.74) is 0. The Kier molecular flexibility index (Phi) is 8.05. The number of hydrogen-bond acceptors (Lipinski definition) is 7. The molecule has 0 saturated carbocycles. The third kappa shape index (κ3) is 5.89. The zero-order valence-corrected chi connectivity index (χ0v) is 17.4. The summed E-state index contributed by atoms with van der Waals surface area (Å²) >= 11 is 0. The minimum atomic E-state index is -0.167. The summed E-state index contributed by atoms with van der Waals surface area (Å²) in [6.07, 6.45) is 1.03. The Hall–Kier alpha value is -1.71. The molecule has 9 heteroatoms. The van der Waals surface area contributed by atoms with Gasteiger partial charge in [-0.15, -0.1) is 0 Å². The van der Waals surface area contributed by atoms with Gasteiger partial charge in [0.2, 0.25) is 5.89 Å². The lowest BCUT2D eigenvalue weighted by Gasteiger charge is -2.29. The molecule has 0 aliphatic carbocycles. The van der Waals surface area contributed by atoms with Crippen molar-refractivity contribution in [1.29, 1.82) is 0 Å². The average molecular weight is 395 g/mol. The summed E-state index contributed by atoms with van der Waals surface area (Å²) in [7, 11) is 0. The van der Waals surface area contributed by atoms with E-state index in [1.165, 1.54) is 6.42 Å². The van der Waals surface area contributed by atoms with Gasteiger partial charge < -0.3 is 24.2 Å². The molecule has 2 fully saturated rings. The number of aromatic nitrogens is 2. The molecular formula is C19H34N6O3. The number of nitrogens with zero attached hydrogens (tertiary/aromatic N) is 5. The van der Waals surface area contributed by atoms with Gasteiger partial charge in [0.15, 0.2) is 11.8 Å². The standard InChI is InChI=1S/C19H34N6O3/c1-4-20-19(21-12-17-22-18(23-28-17)15(3)27-5-2)25-7-6-16(14-25)13-24-8-10-26-11-9-24/h15-16H,4-14H2,1-3H3,(H,20,21). The average Bonchev–Trinajstić information content (AvgIpc) is 3.36. The molecule has 158 valence electrons. The Labute approximate surface area is 167 Å². The zero-order chi connectivity index (χ0) is 19.8. The molecule has 3 rings (SSSR count). The summed E-state index contributed by atoms with van der Waals surface area (Å²) in [5, 5.41) is 7.40. The van der Waals surface area contributed by atoms with Crippen LogP contribution in [0.25, 0.3) is 0 Å². The Balaban J connectivity index is 1.54. The molecule has 28 heavy (non-hydrogen) atoms. The number of hydrogen-bond donors (Lipinski definition) is 1. The van der Waals surface area contributed by atoms with Crippen LogP contribution in [-0.4, -0.2) is 85.0 Å². The number of rotatable bonds is 8. The molecular weight excluding hydrogens is 360 g/mol. The molecule has 2 aliphatic rings. The number of morpholine rings is 1. The van der Waals surface area contributed by atoms with Gasteiger partial charge >= 0.3 is 0 Å². The predicted molar refractivity (Wildman–Crippen MR) is 106 cm³/mol. The van der Waals surface area contributed by atoms with E-state index in [-0.39, 0.29) is 6.10 Å². The van der Waals surface area contributed by atoms with Crippen molar-refractivity contribution in [3.8, 4) is 0 Å². The summed E-state index contributed by atoms with van der Waals surface area (Å²) < 4.78 is 16.3. The highest BCUT2D eigenvalue weighted by atomic mass is 16.5. The van der Waals surface area contributed by atoms with Crippen molar-refractivity contribution in [2.45, 2.75) is 39.8 Å². The van der Waals surface area contributed by atoms with Crippen molar-refractivity contribution in [2.24, 2.45) is 10.9 Å². The summed E-state index contributed by atoms with van der Waals surface area (Å²) in [6.45, 7) is 14.8. The maximum atomic E-state index is 5.51. The second-order valence-electron chi connectivity index (χ2n) is 7.33. The molecule has 2 atom stereocenters. The van der Waals surface area contributed by atoms with Crippen LogP contribution in [0.5, 0.6) is 0 Å². The number of guanidine groups is 1. The minimum absolute atomic E-state index is 0.167. The molecule has 2 saturated heterocycles. The smallest absolute Gasteiger partial charge is 0.248 e. The van der Waals surface area contributed by atoms with Crippen LogP contribution in [0.15, 0.2) is 9.52 Å². The third-order valence-electron chi connectivity index (χ3n) is 5.17. The van der Waals surface area contributed by atoms with Gasteiger partial charge in [0.25, 0.3) is 0 Å². The van der Waals surface area contributed by atoms with Crippen LogP contribution in [0.1, 0.15) is 45.0 Å². The summed E-state index contributed by atoms with van der Waals surface area (Å²) in [5.74, 6) is 2.68. The van der Waals surface area contributed by atoms with E-state index in [9.17, 15) is 0 Å². The van der Waals surface area contributed by atoms with Crippen LogP contribution >= 0.6 is 0 Å². The third-order valence-corrected chi connectivity index (χ3v) is 5.17. The molecule has 0 amide bonds. The van der Waals surface area contributed by atoms with Crippen LogP contribution in [0.3, 0.4) is 0 Å². The number of nitrogens with one attached hydrogen (secondary N) is 1. The second-order valence-corrected chi connectivity index (χ2v) is 7.33. The van der Waals surface area contributed by atoms with E-state index in [4.69, 9.17) is 19.0 Å². The molecule has 3 heterocycles. The SMILES string of the molecule is CCNC(=NCc1nc(C(C)OCC)no1)N1CCC(CN2CCOCC2)C1. The van der Waals surface area contributed by atoms with Gasteiger partial charge in [0, 0.05) is 45.9 Å². The van der Waals surface area contributed by atoms with Crippen molar-refractivity contribution in [3.63, 3.8) is 0 Å². The molecule has 1 aromatic heterocycles. The van der Waals surface area contributed by atoms with Crippen molar-refractivity contribution < 1.29 is 14.0 Å². The fourth-order valence-corrected chi connectivity index (χ4v) is 3.71. The first kappa shape index (κ1) is 21.0. The van der Waals surface area contributed by atoms with Gasteiger partial charge in [0.1, 0.15) is 12.6 Å². The van der Waals surface area contributed by atoms with E-state index in [0.29, 0.717) is 30.8 Å². The van der Waals surface area contributed by atoms with Gasteiger partial charge in [-0.05, 0) is 33.1 Å². The van der Waals surface area contributed by atoms with E-state index in [1.54, 1.807) is 0 Å². The first-order chi connectivity index (χ1) is 13.7. The molecule has 0 spiro atoms. The fourth-order valence-electron chi connectivity index (χ4n) is 3.71. The lowest BCUT2D eigenvalue weighted by Crippen LogP contribution is -2.42. The number of aliphatic imine (C=N–C) groups is 1. The zero-order valence-electron chi connectivity index (χ0n) is 17.4. The molecule has 1 aromatic rings. The second kappa shape index (κ2) is 10.7. The van der Waals surface area contributed by atoms with E-state index in [0.717, 1.165) is 58.4 Å². The molecule has 2 aliphatic heterocycles. The first-order valence-corrected chi connectivity index (χ1v) is 10.5. The molecule has 2 unspecified atom stereocenters. The van der Waals surface area contributed by atoms with E-state index < -0.39 is 0 Å². The van der Waals surface area contributed by atoms with Crippen LogP contribution in [-0.2, 0) is 16.0 Å². The highest BCUT2D eigenvalue weighted by Crippen LogP contribution is 2.19. The van der Waals surface area contributed by atoms with Gasteiger partial charge in [-0.2, -0.15) is 4.98 Å². The van der Waals surface area contributed by atoms with E-state index in [1.807, 2.05) is 13.8 Å². The van der Waals surface area contributed by atoms with Crippen LogP contribution in [0.2, 0.25) is 0 Å². The highest BCUT2D eigenvalue weighted by molar-refractivity contribution is 5.80. The Morgan fingerprint density at radius 1 is 1.32 bits per heavy atom. The topological polar surface area (TPSA) is 88.2 Å². The number of ether oxygens (including phenoxy) is 2. The van der Waals surface area contributed by atoms with Crippen molar-refractivity contribution >= 4 is 5.96 Å². The lowest BCUT2D eigenvalue weighted by molar-refractivity contribution is 0.0315. The quantitative estimate of drug-likeness (QED) is 0.521. The Bertz CT molecular complexity index is 617.